The van der Waals surface area contributed by atoms with Crippen LogP contribution in [0.2, 0.25) is 0 Å². The molecule has 3 aromatic carbocycles. The highest BCUT2D eigenvalue weighted by Gasteiger charge is 2.37. The molecule has 0 aliphatic carbocycles. The third-order valence-electron chi connectivity index (χ3n) is 5.18. The molecule has 0 spiro atoms. The molecule has 0 atom stereocenters. The summed E-state index contributed by atoms with van der Waals surface area (Å²) in [4.78, 5) is 27.4. The zero-order valence-electron chi connectivity index (χ0n) is 26.5. The minimum Gasteiger partial charge on any atom is -0.741 e. The molecule has 0 radical (unpaired) electrons. The molecule has 0 unspecified atom stereocenters. The summed E-state index contributed by atoms with van der Waals surface area (Å²) >= 11 is 0. The Kier molecular flexibility index (Phi) is 13.1. The molecular formula is C32H37F3O9S2. The quantitative estimate of drug-likeness (QED) is 0.106. The molecule has 3 rings (SSSR count). The summed E-state index contributed by atoms with van der Waals surface area (Å²) in [5.74, 6) is 0.377. The van der Waals surface area contributed by atoms with Crippen LogP contribution in [0, 0.1) is 6.92 Å². The second kappa shape index (κ2) is 15.7. The zero-order chi connectivity index (χ0) is 34.9. The lowest BCUT2D eigenvalue weighted by Gasteiger charge is -2.19. The number of hydrogen-bond acceptors (Lipinski definition) is 9. The van der Waals surface area contributed by atoms with Crippen LogP contribution >= 0.6 is 0 Å². The fourth-order valence-electron chi connectivity index (χ4n) is 3.52. The molecular weight excluding hydrogens is 649 g/mol. The van der Waals surface area contributed by atoms with Crippen molar-refractivity contribution >= 4 is 33.0 Å². The number of esters is 2. The van der Waals surface area contributed by atoms with Gasteiger partial charge in [-0.05, 0) is 115 Å². The highest BCUT2D eigenvalue weighted by Crippen LogP contribution is 2.33. The second-order valence-corrected chi connectivity index (χ2v) is 15.1. The van der Waals surface area contributed by atoms with Crippen molar-refractivity contribution in [1.82, 2.24) is 0 Å². The smallest absolute Gasteiger partial charge is 0.485 e. The van der Waals surface area contributed by atoms with Gasteiger partial charge in [0.1, 0.15) is 22.7 Å². The molecule has 46 heavy (non-hydrogen) atoms. The van der Waals surface area contributed by atoms with E-state index in [0.29, 0.717) is 11.5 Å². The van der Waals surface area contributed by atoms with Gasteiger partial charge in [-0.2, -0.15) is 13.2 Å². The lowest BCUT2D eigenvalue weighted by atomic mass is 10.2. The molecule has 0 saturated heterocycles. The third-order valence-corrected chi connectivity index (χ3v) is 7.96. The van der Waals surface area contributed by atoms with Gasteiger partial charge in [-0.15, -0.1) is 0 Å². The molecule has 0 saturated carbocycles. The van der Waals surface area contributed by atoms with E-state index in [9.17, 15) is 22.8 Å². The number of carbonyl (C=O) groups is 2. The van der Waals surface area contributed by atoms with Crippen LogP contribution < -0.4 is 9.47 Å². The van der Waals surface area contributed by atoms with E-state index in [4.69, 9.17) is 31.9 Å². The standard InChI is InChI=1S/C31H37O6S.CHF3O3S/c1-22-9-8-10-27(19-22)38(25-15-11-23(12-16-25)34-20-28(32)36-30(2,3)4)26-17-13-24(14-18-26)35-21-29(33)37-31(5,6)7;2-1(3,4)8(5,6)7/h8-19H,20-21H2,1-7H3;(H,5,6,7)/q+1;/p-1. The van der Waals surface area contributed by atoms with Crippen molar-refractivity contribution in [3.8, 4) is 11.5 Å². The Bertz CT molecular complexity index is 1480. The van der Waals surface area contributed by atoms with E-state index in [2.05, 4.69) is 31.2 Å². The molecule has 0 aliphatic heterocycles. The van der Waals surface area contributed by atoms with Crippen molar-refractivity contribution in [2.75, 3.05) is 13.2 Å². The van der Waals surface area contributed by atoms with Crippen LogP contribution in [0.4, 0.5) is 13.2 Å². The van der Waals surface area contributed by atoms with Crippen molar-refractivity contribution < 1.29 is 54.7 Å². The Morgan fingerprint density at radius 1 is 0.696 bits per heavy atom. The summed E-state index contributed by atoms with van der Waals surface area (Å²) in [6.07, 6.45) is 0. The van der Waals surface area contributed by atoms with Gasteiger partial charge in [0.15, 0.2) is 38.0 Å². The largest absolute Gasteiger partial charge is 0.741 e. The summed E-state index contributed by atoms with van der Waals surface area (Å²) in [7, 11) is -6.48. The summed E-state index contributed by atoms with van der Waals surface area (Å²) in [6, 6.07) is 24.0. The molecule has 0 aromatic heterocycles. The molecule has 14 heteroatoms. The zero-order valence-corrected chi connectivity index (χ0v) is 28.1. The Labute approximate surface area is 270 Å². The Hall–Kier alpha value is -3.75. The van der Waals surface area contributed by atoms with E-state index in [-0.39, 0.29) is 24.1 Å². The van der Waals surface area contributed by atoms with Gasteiger partial charge in [0, 0.05) is 0 Å². The van der Waals surface area contributed by atoms with Gasteiger partial charge >= 0.3 is 17.4 Å². The molecule has 0 heterocycles. The van der Waals surface area contributed by atoms with Crippen LogP contribution in [-0.4, -0.2) is 54.8 Å². The number of hydrogen-bond donors (Lipinski definition) is 0. The molecule has 0 amide bonds. The van der Waals surface area contributed by atoms with Crippen LogP contribution in [0.5, 0.6) is 11.5 Å². The molecule has 9 nitrogen and oxygen atoms in total. The Balaban J connectivity index is 0.000000812. The van der Waals surface area contributed by atoms with Gasteiger partial charge in [-0.25, -0.2) is 18.0 Å². The van der Waals surface area contributed by atoms with Gasteiger partial charge in [-0.1, -0.05) is 12.1 Å². The van der Waals surface area contributed by atoms with Crippen molar-refractivity contribution in [2.45, 2.75) is 79.9 Å². The van der Waals surface area contributed by atoms with Crippen molar-refractivity contribution in [2.24, 2.45) is 0 Å². The number of alkyl halides is 3. The molecule has 3 aromatic rings. The van der Waals surface area contributed by atoms with Crippen molar-refractivity contribution in [3.63, 3.8) is 0 Å². The van der Waals surface area contributed by atoms with Crippen LogP contribution in [-0.2, 0) is 40.1 Å². The fourth-order valence-corrected chi connectivity index (χ4v) is 5.67. The predicted octanol–water partition coefficient (Wildman–Crippen LogP) is 6.58. The summed E-state index contributed by atoms with van der Waals surface area (Å²) in [6.45, 7) is 12.7. The number of aryl methyl sites for hydroxylation is 1. The first-order valence-corrected chi connectivity index (χ1v) is 16.4. The summed E-state index contributed by atoms with van der Waals surface area (Å²) in [5, 5.41) is 0. The normalized spacial score (nSPS) is 12.1. The SMILES string of the molecule is Cc1cccc([S+](c2ccc(OCC(=O)OC(C)(C)C)cc2)c2ccc(OCC(=O)OC(C)(C)C)cc2)c1.O=S(=O)([O-])C(F)(F)F. The maximum absolute atomic E-state index is 12.0. The van der Waals surface area contributed by atoms with Gasteiger partial charge in [0.25, 0.3) is 0 Å². The van der Waals surface area contributed by atoms with Crippen LogP contribution in [0.15, 0.2) is 87.5 Å². The molecule has 0 fully saturated rings. The maximum atomic E-state index is 12.0. The van der Waals surface area contributed by atoms with Crippen LogP contribution in [0.25, 0.3) is 0 Å². The highest BCUT2D eigenvalue weighted by molar-refractivity contribution is 7.97. The number of ether oxygens (including phenoxy) is 4. The average Bonchev–Trinajstić information content (AvgIpc) is 2.90. The number of carbonyl (C=O) groups excluding carboxylic acids is 2. The third kappa shape index (κ3) is 13.7. The minimum atomic E-state index is -6.09. The first-order chi connectivity index (χ1) is 21.0. The topological polar surface area (TPSA) is 128 Å². The van der Waals surface area contributed by atoms with E-state index in [1.165, 1.54) is 10.5 Å². The lowest BCUT2D eigenvalue weighted by molar-refractivity contribution is -0.158. The molecule has 252 valence electrons. The fraction of sp³-hybridized carbons (Fsp3) is 0.375. The van der Waals surface area contributed by atoms with Gasteiger partial charge in [-0.3, -0.25) is 0 Å². The number of rotatable bonds is 9. The lowest BCUT2D eigenvalue weighted by Crippen LogP contribution is -2.27. The molecule has 0 bridgehead atoms. The summed E-state index contributed by atoms with van der Waals surface area (Å²) < 4.78 is 80.8. The Morgan fingerprint density at radius 3 is 1.37 bits per heavy atom. The van der Waals surface area contributed by atoms with Crippen molar-refractivity contribution in [1.29, 1.82) is 0 Å². The van der Waals surface area contributed by atoms with Crippen LogP contribution in [0.3, 0.4) is 0 Å². The monoisotopic (exact) mass is 686 g/mol. The predicted molar refractivity (Wildman–Crippen MR) is 165 cm³/mol. The first kappa shape index (κ1) is 38.4. The van der Waals surface area contributed by atoms with E-state index < -0.39 is 38.8 Å². The number of benzene rings is 3. The second-order valence-electron chi connectivity index (χ2n) is 11.7. The minimum absolute atomic E-state index is 0.148. The van der Waals surface area contributed by atoms with Gasteiger partial charge in [0.05, 0.1) is 10.9 Å². The summed E-state index contributed by atoms with van der Waals surface area (Å²) in [5.41, 5.74) is -5.58. The van der Waals surface area contributed by atoms with E-state index in [1.54, 1.807) is 0 Å². The molecule has 0 N–H and O–H groups in total. The van der Waals surface area contributed by atoms with E-state index in [0.717, 1.165) is 9.79 Å². The highest BCUT2D eigenvalue weighted by atomic mass is 32.2. The van der Waals surface area contributed by atoms with Gasteiger partial charge < -0.3 is 23.5 Å². The first-order valence-electron chi connectivity index (χ1n) is 13.8. The average molecular weight is 687 g/mol. The van der Waals surface area contributed by atoms with Crippen LogP contribution in [0.1, 0.15) is 47.1 Å². The number of halogens is 3. The van der Waals surface area contributed by atoms with E-state index >= 15 is 0 Å². The maximum Gasteiger partial charge on any atom is 0.485 e. The Morgan fingerprint density at radius 2 is 1.07 bits per heavy atom. The molecule has 0 aliphatic rings. The van der Waals surface area contributed by atoms with Crippen molar-refractivity contribution in [3.05, 3.63) is 78.4 Å². The van der Waals surface area contributed by atoms with E-state index in [1.807, 2.05) is 90.1 Å². The van der Waals surface area contributed by atoms with Gasteiger partial charge in [0.2, 0.25) is 0 Å².